The molecule has 18 heavy (non-hydrogen) atoms. The number of benzene rings is 1. The van der Waals surface area contributed by atoms with Crippen LogP contribution in [0.1, 0.15) is 18.2 Å². The number of carbonyl (C=O) groups excluding carboxylic acids is 1. The summed E-state index contributed by atoms with van der Waals surface area (Å²) in [4.78, 5) is 20.5. The van der Waals surface area contributed by atoms with Crippen molar-refractivity contribution >= 4 is 16.7 Å². The van der Waals surface area contributed by atoms with Gasteiger partial charge in [-0.1, -0.05) is 18.2 Å². The van der Waals surface area contributed by atoms with Gasteiger partial charge in [0.15, 0.2) is 0 Å². The summed E-state index contributed by atoms with van der Waals surface area (Å²) in [5, 5.41) is 19.8. The lowest BCUT2D eigenvalue weighted by Gasteiger charge is -2.08. The van der Waals surface area contributed by atoms with E-state index in [0.717, 1.165) is 17.9 Å². The zero-order valence-corrected chi connectivity index (χ0v) is 10.4. The molecular formula is C13H14NO4-. The number of carbonyl (C=O) groups is 1. The molecule has 0 spiro atoms. The zero-order valence-electron chi connectivity index (χ0n) is 10.4. The number of carboxylic acids is 1. The molecule has 0 aliphatic carbocycles. The summed E-state index contributed by atoms with van der Waals surface area (Å²) >= 11 is 0. The Hall–Kier alpha value is -2.30. The van der Waals surface area contributed by atoms with Crippen LogP contribution >= 0.6 is 0 Å². The van der Waals surface area contributed by atoms with Crippen LogP contribution in [0.25, 0.3) is 10.8 Å². The predicted molar refractivity (Wildman–Crippen MR) is 65.5 cm³/mol. The Morgan fingerprint density at radius 3 is 2.17 bits per heavy atom. The number of pyridine rings is 1. The highest BCUT2D eigenvalue weighted by molar-refractivity contribution is 5.85. The number of rotatable bonds is 0. The van der Waals surface area contributed by atoms with Crippen molar-refractivity contribution in [1.29, 1.82) is 0 Å². The van der Waals surface area contributed by atoms with Crippen LogP contribution in [0.4, 0.5) is 0 Å². The lowest BCUT2D eigenvalue weighted by atomic mass is 10.1. The van der Waals surface area contributed by atoms with Gasteiger partial charge in [-0.15, -0.1) is 0 Å². The van der Waals surface area contributed by atoms with Crippen LogP contribution in [0, 0.1) is 13.8 Å². The molecule has 1 heterocycles. The number of nitrogens with zero attached hydrogens (tertiary/aromatic N) is 1. The summed E-state index contributed by atoms with van der Waals surface area (Å²) in [7, 11) is 0. The van der Waals surface area contributed by atoms with E-state index >= 15 is 0 Å². The molecule has 0 unspecified atom stereocenters. The number of aromatic nitrogens is 1. The van der Waals surface area contributed by atoms with Crippen molar-refractivity contribution in [3.05, 3.63) is 45.9 Å². The molecule has 0 atom stereocenters. The van der Waals surface area contributed by atoms with E-state index in [4.69, 9.17) is 9.90 Å². The summed E-state index contributed by atoms with van der Waals surface area (Å²) in [5.41, 5.74) is 1.17. The third-order valence-corrected chi connectivity index (χ3v) is 2.61. The van der Waals surface area contributed by atoms with Crippen molar-refractivity contribution in [3.8, 4) is 0 Å². The van der Waals surface area contributed by atoms with Crippen LogP contribution in [0.2, 0.25) is 0 Å². The van der Waals surface area contributed by atoms with E-state index in [0.29, 0.717) is 15.8 Å². The summed E-state index contributed by atoms with van der Waals surface area (Å²) in [5.74, 6) is -1.08. The van der Waals surface area contributed by atoms with Gasteiger partial charge in [0.1, 0.15) is 0 Å². The molecule has 0 aliphatic rings. The number of fused-ring (bicyclic) bond motifs is 1. The minimum absolute atomic E-state index is 0.358. The van der Waals surface area contributed by atoms with Gasteiger partial charge in [0.05, 0.1) is 11.1 Å². The first-order valence-electron chi connectivity index (χ1n) is 5.34. The SMILES string of the molecule is CC(=O)[O-].Cc1c(C)n(O)c(=O)c2ccccc12. The molecule has 1 aromatic carbocycles. The van der Waals surface area contributed by atoms with Gasteiger partial charge in [0, 0.05) is 5.97 Å². The van der Waals surface area contributed by atoms with E-state index < -0.39 is 5.97 Å². The largest absolute Gasteiger partial charge is 0.550 e. The molecule has 0 amide bonds. The van der Waals surface area contributed by atoms with Gasteiger partial charge in [0.2, 0.25) is 0 Å². The van der Waals surface area contributed by atoms with Crippen molar-refractivity contribution in [2.24, 2.45) is 0 Å². The average molecular weight is 248 g/mol. The van der Waals surface area contributed by atoms with E-state index in [1.807, 2.05) is 19.1 Å². The zero-order chi connectivity index (χ0) is 13.9. The molecular weight excluding hydrogens is 234 g/mol. The topological polar surface area (TPSA) is 82.4 Å². The molecule has 0 radical (unpaired) electrons. The quantitative estimate of drug-likeness (QED) is 0.692. The van der Waals surface area contributed by atoms with Crippen LogP contribution in [0.3, 0.4) is 0 Å². The third kappa shape index (κ3) is 2.68. The Labute approximate surface area is 104 Å². The fourth-order valence-electron chi connectivity index (χ4n) is 1.62. The molecule has 0 aliphatic heterocycles. The van der Waals surface area contributed by atoms with Gasteiger partial charge >= 0.3 is 0 Å². The van der Waals surface area contributed by atoms with Crippen molar-refractivity contribution in [2.45, 2.75) is 20.8 Å². The number of hydrogen-bond acceptors (Lipinski definition) is 4. The Morgan fingerprint density at radius 1 is 1.22 bits per heavy atom. The van der Waals surface area contributed by atoms with E-state index in [9.17, 15) is 10.0 Å². The summed E-state index contributed by atoms with van der Waals surface area (Å²) in [6, 6.07) is 7.28. The Balaban J connectivity index is 0.000000357. The maximum atomic E-state index is 11.6. The Kier molecular flexibility index (Phi) is 4.09. The molecule has 1 N–H and O–H groups in total. The van der Waals surface area contributed by atoms with Crippen LogP contribution < -0.4 is 10.7 Å². The van der Waals surface area contributed by atoms with E-state index in [2.05, 4.69) is 0 Å². The number of hydrogen-bond donors (Lipinski definition) is 1. The lowest BCUT2D eigenvalue weighted by molar-refractivity contribution is -0.302. The van der Waals surface area contributed by atoms with Gasteiger partial charge in [-0.25, -0.2) is 0 Å². The lowest BCUT2D eigenvalue weighted by Crippen LogP contribution is -2.21. The highest BCUT2D eigenvalue weighted by Crippen LogP contribution is 2.16. The molecule has 0 saturated carbocycles. The fraction of sp³-hybridized carbons (Fsp3) is 0.231. The monoisotopic (exact) mass is 248 g/mol. The first-order valence-corrected chi connectivity index (χ1v) is 5.34. The first-order chi connectivity index (χ1) is 8.36. The van der Waals surface area contributed by atoms with Crippen LogP contribution in [0.5, 0.6) is 0 Å². The highest BCUT2D eigenvalue weighted by atomic mass is 16.5. The van der Waals surface area contributed by atoms with Crippen LogP contribution in [-0.4, -0.2) is 15.9 Å². The van der Waals surface area contributed by atoms with Crippen molar-refractivity contribution in [1.82, 2.24) is 4.73 Å². The van der Waals surface area contributed by atoms with Crippen molar-refractivity contribution in [2.75, 3.05) is 0 Å². The maximum absolute atomic E-state index is 11.6. The standard InChI is InChI=1S/C11H11NO2.C2H4O2/c1-7-8(2)12(14)11(13)10-6-4-3-5-9(7)10;1-2(3)4/h3-6,14H,1-2H3;1H3,(H,3,4)/p-1. The molecule has 0 saturated heterocycles. The van der Waals surface area contributed by atoms with Gasteiger partial charge in [-0.3, -0.25) is 4.79 Å². The summed E-state index contributed by atoms with van der Waals surface area (Å²) in [6.45, 7) is 4.59. The van der Waals surface area contributed by atoms with Crippen molar-refractivity contribution in [3.63, 3.8) is 0 Å². The Bertz CT molecular complexity index is 639. The van der Waals surface area contributed by atoms with Crippen molar-refractivity contribution < 1.29 is 15.1 Å². The third-order valence-electron chi connectivity index (χ3n) is 2.61. The molecule has 5 heteroatoms. The van der Waals surface area contributed by atoms with Crippen LogP contribution in [-0.2, 0) is 4.79 Å². The average Bonchev–Trinajstić information content (AvgIpc) is 2.33. The van der Waals surface area contributed by atoms with Gasteiger partial charge in [-0.05, 0) is 37.8 Å². The van der Waals surface area contributed by atoms with E-state index in [-0.39, 0.29) is 5.56 Å². The number of carboxylic acid groups (broad SMARTS) is 1. The van der Waals surface area contributed by atoms with Gasteiger partial charge in [-0.2, -0.15) is 4.73 Å². The molecule has 2 aromatic rings. The fourth-order valence-corrected chi connectivity index (χ4v) is 1.62. The number of aliphatic carboxylic acids is 1. The number of aryl methyl sites for hydroxylation is 1. The summed E-state index contributed by atoms with van der Waals surface area (Å²) in [6.07, 6.45) is 0. The van der Waals surface area contributed by atoms with Crippen LogP contribution in [0.15, 0.2) is 29.1 Å². The van der Waals surface area contributed by atoms with Gasteiger partial charge < -0.3 is 15.1 Å². The second kappa shape index (κ2) is 5.35. The first kappa shape index (κ1) is 13.8. The second-order valence-electron chi connectivity index (χ2n) is 3.86. The maximum Gasteiger partial charge on any atom is 0.290 e. The van der Waals surface area contributed by atoms with Gasteiger partial charge in [0.25, 0.3) is 5.56 Å². The molecule has 5 nitrogen and oxygen atoms in total. The normalized spacial score (nSPS) is 9.72. The molecule has 96 valence electrons. The highest BCUT2D eigenvalue weighted by Gasteiger charge is 2.08. The van der Waals surface area contributed by atoms with E-state index in [1.54, 1.807) is 19.1 Å². The molecule has 0 bridgehead atoms. The second-order valence-corrected chi connectivity index (χ2v) is 3.86. The van der Waals surface area contributed by atoms with E-state index in [1.165, 1.54) is 0 Å². The predicted octanol–water partition coefficient (Wildman–Crippen LogP) is 0.612. The summed E-state index contributed by atoms with van der Waals surface area (Å²) < 4.78 is 0.706. The minimum atomic E-state index is -1.08. The molecule has 1 aromatic heterocycles. The molecule has 2 rings (SSSR count). The smallest absolute Gasteiger partial charge is 0.290 e. The Morgan fingerprint density at radius 2 is 1.67 bits per heavy atom. The minimum Gasteiger partial charge on any atom is -0.550 e. The molecule has 0 fully saturated rings.